The van der Waals surface area contributed by atoms with Gasteiger partial charge in [0.1, 0.15) is 0 Å². The first-order chi connectivity index (χ1) is 5.90. The van der Waals surface area contributed by atoms with E-state index in [0.717, 1.165) is 10.9 Å². The lowest BCUT2D eigenvalue weighted by Crippen LogP contribution is -1.88. The van der Waals surface area contributed by atoms with Gasteiger partial charge in [0.05, 0.1) is 0 Å². The first-order valence-corrected chi connectivity index (χ1v) is 3.66. The number of hydrogen-bond donors (Lipinski definition) is 1. The van der Waals surface area contributed by atoms with E-state index in [1.54, 1.807) is 6.07 Å². The number of para-hydroxylation sites is 1. The van der Waals surface area contributed by atoms with Crippen molar-refractivity contribution in [2.24, 2.45) is 0 Å². The zero-order valence-electron chi connectivity index (χ0n) is 6.38. The lowest BCUT2D eigenvalue weighted by molar-refractivity contribution is 0.186. The van der Waals surface area contributed by atoms with Crippen LogP contribution in [0.25, 0.3) is 10.9 Å². The monoisotopic (exact) mass is 165 g/mol. The second-order valence-electron chi connectivity index (χ2n) is 2.47. The Morgan fingerprint density at radius 2 is 2.17 bits per heavy atom. The highest BCUT2D eigenvalue weighted by Gasteiger charge is 1.98. The minimum Gasteiger partial charge on any atom is -0.448 e. The van der Waals surface area contributed by atoms with Gasteiger partial charge in [-0.2, -0.15) is 0 Å². The molecule has 0 aliphatic carbocycles. The van der Waals surface area contributed by atoms with Crippen LogP contribution in [0.5, 0.6) is 5.88 Å². The number of halogens is 1. The Balaban J connectivity index is 2.47. The van der Waals surface area contributed by atoms with Gasteiger partial charge in [0, 0.05) is 17.0 Å². The minimum atomic E-state index is -0.799. The first-order valence-electron chi connectivity index (χ1n) is 3.66. The van der Waals surface area contributed by atoms with Crippen molar-refractivity contribution in [1.29, 1.82) is 0 Å². The molecule has 0 unspecified atom stereocenters. The summed E-state index contributed by atoms with van der Waals surface area (Å²) in [6, 6.07) is 9.47. The number of H-pyrrole nitrogens is 1. The molecule has 1 N–H and O–H groups in total. The summed E-state index contributed by atoms with van der Waals surface area (Å²) < 4.78 is 16.4. The van der Waals surface area contributed by atoms with Gasteiger partial charge in [0.25, 0.3) is 0 Å². The van der Waals surface area contributed by atoms with Crippen molar-refractivity contribution >= 4 is 10.9 Å². The van der Waals surface area contributed by atoms with E-state index in [2.05, 4.69) is 9.72 Å². The van der Waals surface area contributed by atoms with E-state index in [1.165, 1.54) is 0 Å². The smallest absolute Gasteiger partial charge is 0.230 e. The van der Waals surface area contributed by atoms with Crippen LogP contribution in [0.4, 0.5) is 4.39 Å². The zero-order chi connectivity index (χ0) is 8.39. The average Bonchev–Trinajstić information content (AvgIpc) is 2.47. The maximum absolute atomic E-state index is 11.8. The Labute approximate surface area is 69.0 Å². The fraction of sp³-hybridized carbons (Fsp3) is 0.111. The number of nitrogens with one attached hydrogen (secondary N) is 1. The van der Waals surface area contributed by atoms with Gasteiger partial charge >= 0.3 is 0 Å². The molecule has 2 nitrogen and oxygen atoms in total. The van der Waals surface area contributed by atoms with Gasteiger partial charge in [-0.15, -0.1) is 0 Å². The van der Waals surface area contributed by atoms with Crippen LogP contribution in [0.1, 0.15) is 0 Å². The molecule has 0 bridgehead atoms. The maximum Gasteiger partial charge on any atom is 0.230 e. The third-order valence-corrected chi connectivity index (χ3v) is 1.72. The molecule has 0 radical (unpaired) electrons. The SMILES string of the molecule is FCOc1cc2ccccc2[nH]1. The summed E-state index contributed by atoms with van der Waals surface area (Å²) in [4.78, 5) is 2.93. The molecule has 0 saturated heterocycles. The topological polar surface area (TPSA) is 25.0 Å². The van der Waals surface area contributed by atoms with E-state index >= 15 is 0 Å². The predicted molar refractivity (Wildman–Crippen MR) is 44.9 cm³/mol. The number of benzene rings is 1. The second kappa shape index (κ2) is 2.85. The Hall–Kier alpha value is -1.51. The quantitative estimate of drug-likeness (QED) is 0.726. The average molecular weight is 165 g/mol. The lowest BCUT2D eigenvalue weighted by Gasteiger charge is -1.92. The number of rotatable bonds is 2. The van der Waals surface area contributed by atoms with E-state index in [0.29, 0.717) is 5.88 Å². The third kappa shape index (κ3) is 1.13. The van der Waals surface area contributed by atoms with Crippen molar-refractivity contribution < 1.29 is 9.13 Å². The highest BCUT2D eigenvalue weighted by atomic mass is 19.1. The maximum atomic E-state index is 11.8. The van der Waals surface area contributed by atoms with Gasteiger partial charge in [-0.3, -0.25) is 0 Å². The molecule has 3 heteroatoms. The number of aromatic amines is 1. The number of ether oxygens (including phenoxy) is 1. The molecular weight excluding hydrogens is 157 g/mol. The molecule has 1 heterocycles. The molecule has 0 saturated carbocycles. The van der Waals surface area contributed by atoms with Gasteiger partial charge in [-0.1, -0.05) is 18.2 Å². The highest BCUT2D eigenvalue weighted by molar-refractivity contribution is 5.81. The van der Waals surface area contributed by atoms with Gasteiger partial charge in [0.2, 0.25) is 6.86 Å². The summed E-state index contributed by atoms with van der Waals surface area (Å²) in [5.74, 6) is 0.471. The Kier molecular flexibility index (Phi) is 1.70. The molecule has 12 heavy (non-hydrogen) atoms. The van der Waals surface area contributed by atoms with E-state index in [-0.39, 0.29) is 0 Å². The van der Waals surface area contributed by atoms with E-state index in [4.69, 9.17) is 0 Å². The van der Waals surface area contributed by atoms with Crippen LogP contribution in [0, 0.1) is 0 Å². The molecule has 0 spiro atoms. The predicted octanol–water partition coefficient (Wildman–Crippen LogP) is 2.47. The second-order valence-corrected chi connectivity index (χ2v) is 2.47. The third-order valence-electron chi connectivity index (χ3n) is 1.72. The van der Waals surface area contributed by atoms with Crippen molar-refractivity contribution in [3.05, 3.63) is 30.3 Å². The summed E-state index contributed by atoms with van der Waals surface area (Å²) in [5, 5.41) is 1.03. The molecule has 0 amide bonds. The van der Waals surface area contributed by atoms with Crippen LogP contribution in [-0.4, -0.2) is 11.8 Å². The van der Waals surface area contributed by atoms with E-state index in [9.17, 15) is 4.39 Å². The number of hydrogen-bond acceptors (Lipinski definition) is 1. The van der Waals surface area contributed by atoms with Crippen LogP contribution in [0.3, 0.4) is 0 Å². The number of alkyl halides is 1. The van der Waals surface area contributed by atoms with Crippen molar-refractivity contribution in [2.75, 3.05) is 6.86 Å². The summed E-state index contributed by atoms with van der Waals surface area (Å²) in [7, 11) is 0. The van der Waals surface area contributed by atoms with Crippen LogP contribution in [0.2, 0.25) is 0 Å². The molecular formula is C9H8FNO. The molecule has 0 fully saturated rings. The summed E-state index contributed by atoms with van der Waals surface area (Å²) in [5.41, 5.74) is 0.959. The van der Waals surface area contributed by atoms with Gasteiger partial charge < -0.3 is 9.72 Å². The Morgan fingerprint density at radius 3 is 2.92 bits per heavy atom. The van der Waals surface area contributed by atoms with Crippen LogP contribution in [0.15, 0.2) is 30.3 Å². The van der Waals surface area contributed by atoms with Crippen molar-refractivity contribution in [3.63, 3.8) is 0 Å². The Bertz CT molecular complexity index is 350. The van der Waals surface area contributed by atoms with Gasteiger partial charge in [0.15, 0.2) is 5.88 Å². The highest BCUT2D eigenvalue weighted by Crippen LogP contribution is 2.19. The number of aromatic nitrogens is 1. The minimum absolute atomic E-state index is 0.471. The largest absolute Gasteiger partial charge is 0.448 e. The van der Waals surface area contributed by atoms with Crippen LogP contribution >= 0.6 is 0 Å². The van der Waals surface area contributed by atoms with Crippen LogP contribution in [-0.2, 0) is 0 Å². The molecule has 1 aromatic heterocycles. The molecule has 2 aromatic rings. The standard InChI is InChI=1S/C9H8FNO/c10-6-12-9-5-7-3-1-2-4-8(7)11-9/h1-5,11H,6H2. The van der Waals surface area contributed by atoms with Gasteiger partial charge in [-0.25, -0.2) is 4.39 Å². The molecule has 62 valence electrons. The van der Waals surface area contributed by atoms with Crippen molar-refractivity contribution in [3.8, 4) is 5.88 Å². The molecule has 2 rings (SSSR count). The summed E-state index contributed by atoms with van der Waals surface area (Å²) in [6.45, 7) is -0.799. The normalized spacial score (nSPS) is 10.4. The lowest BCUT2D eigenvalue weighted by atomic mass is 10.3. The molecule has 0 aliphatic heterocycles. The number of fused-ring (bicyclic) bond motifs is 1. The molecule has 1 aromatic carbocycles. The fourth-order valence-corrected chi connectivity index (χ4v) is 1.18. The van der Waals surface area contributed by atoms with Crippen molar-refractivity contribution in [1.82, 2.24) is 4.98 Å². The zero-order valence-corrected chi connectivity index (χ0v) is 6.38. The van der Waals surface area contributed by atoms with E-state index < -0.39 is 6.86 Å². The Morgan fingerprint density at radius 1 is 1.33 bits per heavy atom. The van der Waals surface area contributed by atoms with E-state index in [1.807, 2.05) is 24.3 Å². The summed E-state index contributed by atoms with van der Waals surface area (Å²) in [6.07, 6.45) is 0. The molecule has 0 aliphatic rings. The molecule has 0 atom stereocenters. The fourth-order valence-electron chi connectivity index (χ4n) is 1.18. The van der Waals surface area contributed by atoms with Crippen molar-refractivity contribution in [2.45, 2.75) is 0 Å². The first kappa shape index (κ1) is 7.16. The summed E-state index contributed by atoms with van der Waals surface area (Å²) >= 11 is 0. The van der Waals surface area contributed by atoms with Crippen LogP contribution < -0.4 is 4.74 Å². The van der Waals surface area contributed by atoms with Gasteiger partial charge in [-0.05, 0) is 6.07 Å².